The molecule has 2 heterocycles. The number of hydrogen-bond acceptors (Lipinski definition) is 5. The van der Waals surface area contributed by atoms with E-state index in [9.17, 15) is 9.18 Å². The van der Waals surface area contributed by atoms with Crippen LogP contribution in [0.5, 0.6) is 0 Å². The van der Waals surface area contributed by atoms with Gasteiger partial charge in [0.1, 0.15) is 23.8 Å². The molecule has 6 nitrogen and oxygen atoms in total. The van der Waals surface area contributed by atoms with Crippen molar-refractivity contribution in [1.82, 2.24) is 15.4 Å². The maximum Gasteiger partial charge on any atom is 0.356 e. The van der Waals surface area contributed by atoms with Crippen LogP contribution >= 0.6 is 11.6 Å². The number of ether oxygens (including phenoxy) is 1. The molecule has 28 heavy (non-hydrogen) atoms. The first kappa shape index (κ1) is 17.9. The Hall–Kier alpha value is -3.45. The van der Waals surface area contributed by atoms with Gasteiger partial charge < -0.3 is 9.26 Å². The molecule has 8 heteroatoms. The van der Waals surface area contributed by atoms with E-state index in [-0.39, 0.29) is 18.1 Å². The van der Waals surface area contributed by atoms with E-state index in [1.54, 1.807) is 42.5 Å². The second-order valence-corrected chi connectivity index (χ2v) is 6.38. The van der Waals surface area contributed by atoms with Gasteiger partial charge in [-0.2, -0.15) is 5.10 Å². The summed E-state index contributed by atoms with van der Waals surface area (Å²) < 4.78 is 23.5. The van der Waals surface area contributed by atoms with Crippen LogP contribution in [0.2, 0.25) is 5.02 Å². The fraction of sp³-hybridized carbons (Fsp3) is 0.0500. The molecule has 140 valence electrons. The van der Waals surface area contributed by atoms with Gasteiger partial charge in [-0.25, -0.2) is 9.18 Å². The number of hydrogen-bond donors (Lipinski definition) is 1. The summed E-state index contributed by atoms with van der Waals surface area (Å²) in [6.45, 7) is -0.0547. The minimum atomic E-state index is -0.586. The first-order valence-electron chi connectivity index (χ1n) is 8.28. The predicted octanol–water partition coefficient (Wildman–Crippen LogP) is 4.88. The maximum atomic E-state index is 13.0. The van der Waals surface area contributed by atoms with Gasteiger partial charge in [0, 0.05) is 22.2 Å². The van der Waals surface area contributed by atoms with Gasteiger partial charge in [-0.15, -0.1) is 0 Å². The number of carbonyl (C=O) groups is 1. The Balaban J connectivity index is 1.40. The first-order chi connectivity index (χ1) is 13.6. The summed E-state index contributed by atoms with van der Waals surface area (Å²) in [5.74, 6) is -0.385. The van der Waals surface area contributed by atoms with Crippen molar-refractivity contribution in [3.63, 3.8) is 0 Å². The highest BCUT2D eigenvalue weighted by atomic mass is 35.5. The van der Waals surface area contributed by atoms with Crippen LogP contribution in [-0.2, 0) is 11.3 Å². The lowest BCUT2D eigenvalue weighted by atomic mass is 10.1. The first-order valence-corrected chi connectivity index (χ1v) is 8.66. The van der Waals surface area contributed by atoms with Gasteiger partial charge in [0.2, 0.25) is 0 Å². The van der Waals surface area contributed by atoms with Crippen LogP contribution in [0.3, 0.4) is 0 Å². The molecule has 1 N–H and O–H groups in total. The highest BCUT2D eigenvalue weighted by Crippen LogP contribution is 2.23. The molecule has 0 aliphatic carbocycles. The summed E-state index contributed by atoms with van der Waals surface area (Å²) in [7, 11) is 0. The molecular weight excluding hydrogens is 385 g/mol. The minimum absolute atomic E-state index is 0.0547. The number of esters is 1. The fourth-order valence-electron chi connectivity index (χ4n) is 2.54. The molecule has 4 rings (SSSR count). The second-order valence-electron chi connectivity index (χ2n) is 5.94. The summed E-state index contributed by atoms with van der Waals surface area (Å²) in [5, 5.41) is 11.2. The number of H-pyrrole nitrogens is 1. The van der Waals surface area contributed by atoms with E-state index in [1.807, 2.05) is 0 Å². The Morgan fingerprint density at radius 3 is 2.54 bits per heavy atom. The molecule has 0 radical (unpaired) electrons. The van der Waals surface area contributed by atoms with Gasteiger partial charge in [-0.3, -0.25) is 5.10 Å². The Kier molecular flexibility index (Phi) is 4.90. The third-order valence-corrected chi connectivity index (χ3v) is 4.23. The Morgan fingerprint density at radius 2 is 1.79 bits per heavy atom. The summed E-state index contributed by atoms with van der Waals surface area (Å²) in [5.41, 5.74) is 2.66. The van der Waals surface area contributed by atoms with E-state index in [2.05, 4.69) is 15.4 Å². The number of aromatic amines is 1. The quantitative estimate of drug-likeness (QED) is 0.485. The van der Waals surface area contributed by atoms with Crippen molar-refractivity contribution in [2.24, 2.45) is 0 Å². The largest absolute Gasteiger partial charge is 0.454 e. The van der Waals surface area contributed by atoms with Crippen molar-refractivity contribution in [2.45, 2.75) is 6.61 Å². The monoisotopic (exact) mass is 397 g/mol. The van der Waals surface area contributed by atoms with Crippen molar-refractivity contribution in [3.8, 4) is 22.6 Å². The topological polar surface area (TPSA) is 81.0 Å². The molecule has 0 unspecified atom stereocenters. The van der Waals surface area contributed by atoms with Crippen LogP contribution in [0.15, 0.2) is 65.2 Å². The number of nitrogens with one attached hydrogen (secondary N) is 1. The molecule has 0 aliphatic rings. The molecule has 0 aliphatic heterocycles. The van der Waals surface area contributed by atoms with Gasteiger partial charge in [0.25, 0.3) is 0 Å². The molecule has 0 saturated heterocycles. The van der Waals surface area contributed by atoms with E-state index < -0.39 is 5.97 Å². The van der Waals surface area contributed by atoms with E-state index in [0.717, 1.165) is 5.56 Å². The number of rotatable bonds is 5. The lowest BCUT2D eigenvalue weighted by Crippen LogP contribution is -2.05. The zero-order chi connectivity index (χ0) is 19.5. The standard InChI is InChI=1S/C20H13ClFN3O3/c21-14-5-1-13(2-6-14)19-9-16(25-28-19)11-27-20(26)18-10-17(23-24-18)12-3-7-15(22)8-4-12/h1-10H,11H2,(H,23,24). The van der Waals surface area contributed by atoms with E-state index in [0.29, 0.717) is 27.7 Å². The summed E-state index contributed by atoms with van der Waals surface area (Å²) in [4.78, 5) is 12.2. The smallest absolute Gasteiger partial charge is 0.356 e. The SMILES string of the molecule is O=C(OCc1cc(-c2ccc(Cl)cc2)on1)c1cc(-c2ccc(F)cc2)n[nH]1. The van der Waals surface area contributed by atoms with Gasteiger partial charge in [0.05, 0.1) is 5.69 Å². The van der Waals surface area contributed by atoms with Crippen molar-refractivity contribution >= 4 is 17.6 Å². The highest BCUT2D eigenvalue weighted by Gasteiger charge is 2.14. The van der Waals surface area contributed by atoms with E-state index >= 15 is 0 Å². The number of halogens is 2. The van der Waals surface area contributed by atoms with Gasteiger partial charge in [-0.1, -0.05) is 16.8 Å². The average molecular weight is 398 g/mol. The van der Waals surface area contributed by atoms with Gasteiger partial charge >= 0.3 is 5.97 Å². The second kappa shape index (κ2) is 7.66. The fourth-order valence-corrected chi connectivity index (χ4v) is 2.67. The third kappa shape index (κ3) is 3.94. The number of aromatic nitrogens is 3. The average Bonchev–Trinajstić information content (AvgIpc) is 3.37. The predicted molar refractivity (Wildman–Crippen MR) is 100 cm³/mol. The summed E-state index contributed by atoms with van der Waals surface area (Å²) in [6, 6.07) is 16.1. The van der Waals surface area contributed by atoms with Crippen LogP contribution in [0, 0.1) is 5.82 Å². The zero-order valence-corrected chi connectivity index (χ0v) is 15.1. The summed E-state index contributed by atoms with van der Waals surface area (Å²) >= 11 is 5.87. The molecule has 0 amide bonds. The molecule has 2 aromatic carbocycles. The van der Waals surface area contributed by atoms with Crippen molar-refractivity contribution in [1.29, 1.82) is 0 Å². The highest BCUT2D eigenvalue weighted by molar-refractivity contribution is 6.30. The van der Waals surface area contributed by atoms with Crippen LogP contribution in [-0.4, -0.2) is 21.3 Å². The molecule has 0 saturated carbocycles. The summed E-state index contributed by atoms with van der Waals surface area (Å²) in [6.07, 6.45) is 0. The Labute approximate surface area is 163 Å². The van der Waals surface area contributed by atoms with Gasteiger partial charge in [-0.05, 0) is 54.6 Å². The number of nitrogens with zero attached hydrogens (tertiary/aromatic N) is 2. The van der Waals surface area contributed by atoms with Crippen LogP contribution in [0.25, 0.3) is 22.6 Å². The molecule has 0 fully saturated rings. The van der Waals surface area contributed by atoms with Crippen molar-refractivity contribution in [2.75, 3.05) is 0 Å². The molecule has 2 aromatic heterocycles. The van der Waals surface area contributed by atoms with Crippen molar-refractivity contribution < 1.29 is 18.4 Å². The molecular formula is C20H13ClFN3O3. The molecule has 0 atom stereocenters. The van der Waals surface area contributed by atoms with E-state index in [1.165, 1.54) is 18.2 Å². The minimum Gasteiger partial charge on any atom is -0.454 e. The lowest BCUT2D eigenvalue weighted by molar-refractivity contribution is 0.0457. The number of benzene rings is 2. The van der Waals surface area contributed by atoms with E-state index in [4.69, 9.17) is 20.9 Å². The van der Waals surface area contributed by atoms with Gasteiger partial charge in [0.15, 0.2) is 5.76 Å². The number of carbonyl (C=O) groups excluding carboxylic acids is 1. The zero-order valence-electron chi connectivity index (χ0n) is 14.4. The Bertz CT molecular complexity index is 1100. The van der Waals surface area contributed by atoms with Crippen LogP contribution in [0.4, 0.5) is 4.39 Å². The maximum absolute atomic E-state index is 13.0. The molecule has 0 spiro atoms. The third-order valence-electron chi connectivity index (χ3n) is 3.98. The van der Waals surface area contributed by atoms with Crippen LogP contribution in [0.1, 0.15) is 16.2 Å². The van der Waals surface area contributed by atoms with Crippen LogP contribution < -0.4 is 0 Å². The van der Waals surface area contributed by atoms with Crippen molar-refractivity contribution in [3.05, 3.63) is 82.9 Å². The molecule has 0 bridgehead atoms. The lowest BCUT2D eigenvalue weighted by Gasteiger charge is -1.99. The molecule has 4 aromatic rings. The Morgan fingerprint density at radius 1 is 1.07 bits per heavy atom. The normalized spacial score (nSPS) is 10.8.